The molecule has 7 heteroatoms. The zero-order valence-corrected chi connectivity index (χ0v) is 10.8. The Labute approximate surface area is 109 Å². The minimum atomic E-state index is -1.09. The summed E-state index contributed by atoms with van der Waals surface area (Å²) in [6.07, 6.45) is -0.235. The molecule has 0 saturated carbocycles. The molecule has 2 heterocycles. The molecule has 0 radical (unpaired) electrons. The molecule has 0 aliphatic carbocycles. The molecule has 1 unspecified atom stereocenters. The van der Waals surface area contributed by atoms with E-state index in [0.29, 0.717) is 23.6 Å². The van der Waals surface area contributed by atoms with E-state index in [4.69, 9.17) is 5.73 Å². The summed E-state index contributed by atoms with van der Waals surface area (Å²) in [6.45, 7) is 2.02. The third kappa shape index (κ3) is 1.92. The minimum absolute atomic E-state index is 0.0698. The van der Waals surface area contributed by atoms with Crippen molar-refractivity contribution in [3.63, 3.8) is 0 Å². The number of aliphatic hydroxyl groups excluding tert-OH is 1. The van der Waals surface area contributed by atoms with Crippen molar-refractivity contribution >= 4 is 23.6 Å². The molecule has 18 heavy (non-hydrogen) atoms. The van der Waals surface area contributed by atoms with Crippen molar-refractivity contribution in [3.8, 4) is 0 Å². The number of fused-ring (bicyclic) bond motifs is 1. The summed E-state index contributed by atoms with van der Waals surface area (Å²) in [5.74, 6) is -1.24. The lowest BCUT2D eigenvalue weighted by molar-refractivity contribution is -0.161. The second-order valence-electron chi connectivity index (χ2n) is 4.46. The second-order valence-corrected chi connectivity index (χ2v) is 5.65. The maximum atomic E-state index is 11.9. The predicted octanol–water partition coefficient (Wildman–Crippen LogP) is -0.414. The van der Waals surface area contributed by atoms with E-state index >= 15 is 0 Å². The van der Waals surface area contributed by atoms with E-state index in [2.05, 4.69) is 0 Å². The van der Waals surface area contributed by atoms with E-state index < -0.39 is 18.0 Å². The Morgan fingerprint density at radius 2 is 2.33 bits per heavy atom. The lowest BCUT2D eigenvalue weighted by Crippen LogP contribution is -2.61. The van der Waals surface area contributed by atoms with Crippen LogP contribution in [-0.2, 0) is 9.59 Å². The zero-order valence-electron chi connectivity index (χ0n) is 10.00. The summed E-state index contributed by atoms with van der Waals surface area (Å²) in [5, 5.41) is 18.7. The van der Waals surface area contributed by atoms with Crippen molar-refractivity contribution in [2.24, 2.45) is 11.7 Å². The average Bonchev–Trinajstić information content (AvgIpc) is 2.60. The smallest absolute Gasteiger partial charge is 0.353 e. The van der Waals surface area contributed by atoms with Crippen LogP contribution >= 0.6 is 11.8 Å². The van der Waals surface area contributed by atoms with Crippen LogP contribution < -0.4 is 5.73 Å². The van der Waals surface area contributed by atoms with Crippen LogP contribution in [0, 0.1) is 5.92 Å². The Bertz CT molecular complexity index is 421. The first kappa shape index (κ1) is 13.4. The van der Waals surface area contributed by atoms with Gasteiger partial charge in [0.2, 0.25) is 5.91 Å². The van der Waals surface area contributed by atoms with Gasteiger partial charge in [0, 0.05) is 23.6 Å². The number of aliphatic hydroxyl groups is 1. The van der Waals surface area contributed by atoms with Crippen LogP contribution in [0.4, 0.5) is 0 Å². The van der Waals surface area contributed by atoms with Gasteiger partial charge < -0.3 is 20.8 Å². The van der Waals surface area contributed by atoms with E-state index in [1.54, 1.807) is 6.92 Å². The first-order valence-corrected chi connectivity index (χ1v) is 6.78. The molecule has 0 aromatic heterocycles. The van der Waals surface area contributed by atoms with Crippen molar-refractivity contribution in [1.82, 2.24) is 4.90 Å². The summed E-state index contributed by atoms with van der Waals surface area (Å²) in [4.78, 5) is 25.1. The van der Waals surface area contributed by atoms with E-state index in [9.17, 15) is 19.8 Å². The molecule has 2 rings (SSSR count). The van der Waals surface area contributed by atoms with Crippen molar-refractivity contribution in [3.05, 3.63) is 10.6 Å². The van der Waals surface area contributed by atoms with Crippen LogP contribution in [0.25, 0.3) is 0 Å². The van der Waals surface area contributed by atoms with E-state index in [0.717, 1.165) is 0 Å². The van der Waals surface area contributed by atoms with Gasteiger partial charge in [-0.3, -0.25) is 4.79 Å². The van der Waals surface area contributed by atoms with E-state index in [-0.39, 0.29) is 17.6 Å². The fraction of sp³-hybridized carbons (Fsp3) is 0.636. The Balaban J connectivity index is 2.21. The topological polar surface area (TPSA) is 104 Å². The molecular weight excluding hydrogens is 256 g/mol. The highest BCUT2D eigenvalue weighted by Gasteiger charge is 2.56. The van der Waals surface area contributed by atoms with Gasteiger partial charge in [-0.1, -0.05) is 0 Å². The molecule has 0 aromatic rings. The van der Waals surface area contributed by atoms with E-state index in [1.807, 2.05) is 0 Å². The Morgan fingerprint density at radius 1 is 1.67 bits per heavy atom. The predicted molar refractivity (Wildman–Crippen MR) is 66.6 cm³/mol. The SMILES string of the molecule is CC(O)[C@@H]1C(=O)N2C(C(=O)O)=C(SCCN)C[C@@H]12. The number of β-lactam (4-membered cyclic amide) rings is 1. The van der Waals surface area contributed by atoms with Crippen molar-refractivity contribution in [2.75, 3.05) is 12.3 Å². The molecule has 1 amide bonds. The number of carbonyl (C=O) groups excluding carboxylic acids is 1. The maximum Gasteiger partial charge on any atom is 0.353 e. The number of carboxylic acid groups (broad SMARTS) is 1. The monoisotopic (exact) mass is 272 g/mol. The van der Waals surface area contributed by atoms with Gasteiger partial charge in [0.05, 0.1) is 18.1 Å². The lowest BCUT2D eigenvalue weighted by Gasteiger charge is -2.44. The normalized spacial score (nSPS) is 28.2. The molecule has 2 aliphatic rings. The van der Waals surface area contributed by atoms with Gasteiger partial charge in [0.15, 0.2) is 0 Å². The summed E-state index contributed by atoms with van der Waals surface area (Å²) >= 11 is 1.38. The quantitative estimate of drug-likeness (QED) is 0.588. The fourth-order valence-electron chi connectivity index (χ4n) is 2.54. The first-order chi connectivity index (χ1) is 8.49. The molecule has 100 valence electrons. The zero-order chi connectivity index (χ0) is 13.4. The van der Waals surface area contributed by atoms with Gasteiger partial charge in [0.1, 0.15) is 5.70 Å². The van der Waals surface area contributed by atoms with Crippen LogP contribution in [0.5, 0.6) is 0 Å². The molecule has 2 aliphatic heterocycles. The molecule has 0 aromatic carbocycles. The highest BCUT2D eigenvalue weighted by molar-refractivity contribution is 8.03. The standard InChI is InChI=1S/C11H16N2O4S/c1-5(14)8-6-4-7(18-3-2-12)9(11(16)17)13(6)10(8)15/h5-6,8,14H,2-4,12H2,1H3,(H,16,17)/t5?,6-,8-/m0/s1. The Hall–Kier alpha value is -1.05. The van der Waals surface area contributed by atoms with Crippen molar-refractivity contribution in [2.45, 2.75) is 25.5 Å². The van der Waals surface area contributed by atoms with Gasteiger partial charge >= 0.3 is 5.97 Å². The van der Waals surface area contributed by atoms with Crippen molar-refractivity contribution < 1.29 is 19.8 Å². The van der Waals surface area contributed by atoms with Crippen molar-refractivity contribution in [1.29, 1.82) is 0 Å². The van der Waals surface area contributed by atoms with Gasteiger partial charge in [-0.05, 0) is 6.92 Å². The third-order valence-corrected chi connectivity index (χ3v) is 4.43. The molecule has 6 nitrogen and oxygen atoms in total. The number of thioether (sulfide) groups is 1. The Kier molecular flexibility index (Phi) is 3.65. The fourth-order valence-corrected chi connectivity index (χ4v) is 3.52. The highest BCUT2D eigenvalue weighted by atomic mass is 32.2. The van der Waals surface area contributed by atoms with Gasteiger partial charge in [-0.25, -0.2) is 4.79 Å². The number of amides is 1. The second kappa shape index (κ2) is 4.91. The summed E-state index contributed by atoms with van der Waals surface area (Å²) in [7, 11) is 0. The first-order valence-electron chi connectivity index (χ1n) is 5.79. The molecule has 0 bridgehead atoms. The number of hydrogen-bond acceptors (Lipinski definition) is 5. The Morgan fingerprint density at radius 3 is 2.83 bits per heavy atom. The molecule has 1 fully saturated rings. The van der Waals surface area contributed by atoms with Gasteiger partial charge in [-0.2, -0.15) is 0 Å². The molecule has 3 atom stereocenters. The average molecular weight is 272 g/mol. The molecule has 1 saturated heterocycles. The number of carbonyl (C=O) groups is 2. The van der Waals surface area contributed by atoms with E-state index in [1.165, 1.54) is 16.7 Å². The van der Waals surface area contributed by atoms with Crippen LogP contribution in [-0.4, -0.2) is 51.4 Å². The third-order valence-electron chi connectivity index (χ3n) is 3.28. The van der Waals surface area contributed by atoms with Crippen LogP contribution in [0.1, 0.15) is 13.3 Å². The van der Waals surface area contributed by atoms with Crippen LogP contribution in [0.2, 0.25) is 0 Å². The van der Waals surface area contributed by atoms with Gasteiger partial charge in [0.25, 0.3) is 0 Å². The number of nitrogens with two attached hydrogens (primary N) is 1. The number of nitrogens with zero attached hydrogens (tertiary/aromatic N) is 1. The molecule has 0 spiro atoms. The number of aliphatic carboxylic acids is 1. The number of rotatable bonds is 5. The van der Waals surface area contributed by atoms with Gasteiger partial charge in [-0.15, -0.1) is 11.8 Å². The number of hydrogen-bond donors (Lipinski definition) is 3. The number of carboxylic acids is 1. The molecule has 4 N–H and O–H groups in total. The lowest BCUT2D eigenvalue weighted by atomic mass is 9.83. The largest absolute Gasteiger partial charge is 0.477 e. The molecular formula is C11H16N2O4S. The summed E-state index contributed by atoms with van der Waals surface area (Å²) < 4.78 is 0. The van der Waals surface area contributed by atoms with Crippen LogP contribution in [0.15, 0.2) is 10.6 Å². The highest BCUT2D eigenvalue weighted by Crippen LogP contribution is 2.46. The van der Waals surface area contributed by atoms with Crippen LogP contribution in [0.3, 0.4) is 0 Å². The summed E-state index contributed by atoms with van der Waals surface area (Å²) in [5.41, 5.74) is 5.47. The minimum Gasteiger partial charge on any atom is -0.477 e. The summed E-state index contributed by atoms with van der Waals surface area (Å²) in [6, 6.07) is -0.205. The maximum absolute atomic E-state index is 11.9.